The van der Waals surface area contributed by atoms with Gasteiger partial charge in [0.2, 0.25) is 0 Å². The van der Waals surface area contributed by atoms with Crippen molar-refractivity contribution in [1.29, 1.82) is 0 Å². The largest absolute Gasteiger partial charge is 0.370 e. The summed E-state index contributed by atoms with van der Waals surface area (Å²) in [4.78, 5) is 4.64. The molecule has 3 aromatic rings. The maximum Gasteiger partial charge on any atom is 0.133 e. The van der Waals surface area contributed by atoms with Crippen LogP contribution in [0.4, 0.5) is 5.82 Å². The van der Waals surface area contributed by atoms with E-state index in [2.05, 4.69) is 37.2 Å². The molecule has 0 spiro atoms. The predicted octanol–water partition coefficient (Wildman–Crippen LogP) is 3.21. The number of anilines is 1. The zero-order chi connectivity index (χ0) is 15.5. The highest BCUT2D eigenvalue weighted by Crippen LogP contribution is 2.16. The molecule has 23 heavy (non-hydrogen) atoms. The van der Waals surface area contributed by atoms with Crippen LogP contribution >= 0.6 is 0 Å². The fourth-order valence-corrected chi connectivity index (χ4v) is 3.18. The number of rotatable bonds is 5. The molecular formula is C18H21N5. The van der Waals surface area contributed by atoms with Gasteiger partial charge in [-0.05, 0) is 37.5 Å². The molecule has 0 radical (unpaired) electrons. The minimum Gasteiger partial charge on any atom is -0.370 e. The molecule has 0 aliphatic carbocycles. The molecular weight excluding hydrogens is 286 g/mol. The number of hydrogen-bond acceptors (Lipinski definition) is 4. The molecule has 4 rings (SSSR count). The number of fused-ring (bicyclic) bond motifs is 2. The molecule has 1 N–H and O–H groups in total. The van der Waals surface area contributed by atoms with Crippen LogP contribution in [0.2, 0.25) is 0 Å². The number of pyridine rings is 1. The molecule has 0 saturated heterocycles. The molecule has 0 amide bonds. The first kappa shape index (κ1) is 14.2. The summed E-state index contributed by atoms with van der Waals surface area (Å²) in [5, 5.41) is 13.2. The summed E-state index contributed by atoms with van der Waals surface area (Å²) in [6, 6.07) is 12.3. The van der Waals surface area contributed by atoms with E-state index in [1.54, 1.807) is 0 Å². The van der Waals surface area contributed by atoms with Crippen LogP contribution in [-0.4, -0.2) is 26.3 Å². The number of para-hydroxylation sites is 1. The first-order chi connectivity index (χ1) is 11.4. The maximum atomic E-state index is 4.64. The van der Waals surface area contributed by atoms with Gasteiger partial charge in [0.05, 0.1) is 5.52 Å². The second-order valence-electron chi connectivity index (χ2n) is 6.06. The van der Waals surface area contributed by atoms with E-state index in [1.807, 2.05) is 24.3 Å². The highest BCUT2D eigenvalue weighted by molar-refractivity contribution is 5.79. The number of benzene rings is 1. The summed E-state index contributed by atoms with van der Waals surface area (Å²) in [5.41, 5.74) is 1.03. The van der Waals surface area contributed by atoms with Gasteiger partial charge in [0, 0.05) is 31.3 Å². The standard InChI is InChI=1S/C18H21N5/c1-2-7-15-14(6-1)10-11-16(20-15)19-12-5-9-18-22-21-17-8-3-4-13-23(17)18/h1-2,6-7,10-11H,3-5,8-9,12-13H2,(H,19,20). The normalized spacial score (nSPS) is 13.9. The Morgan fingerprint density at radius 3 is 3.00 bits per heavy atom. The van der Waals surface area contributed by atoms with E-state index < -0.39 is 0 Å². The molecule has 0 atom stereocenters. The van der Waals surface area contributed by atoms with Gasteiger partial charge in [0.15, 0.2) is 0 Å². The molecule has 5 nitrogen and oxygen atoms in total. The Bertz CT molecular complexity index is 808. The quantitative estimate of drug-likeness (QED) is 0.735. The maximum absolute atomic E-state index is 4.64. The fraction of sp³-hybridized carbons (Fsp3) is 0.389. The Morgan fingerprint density at radius 2 is 2.00 bits per heavy atom. The first-order valence-electron chi connectivity index (χ1n) is 8.41. The zero-order valence-corrected chi connectivity index (χ0v) is 13.2. The average Bonchev–Trinajstić information content (AvgIpc) is 3.02. The second-order valence-corrected chi connectivity index (χ2v) is 6.06. The van der Waals surface area contributed by atoms with E-state index in [-0.39, 0.29) is 0 Å². The van der Waals surface area contributed by atoms with Crippen molar-refractivity contribution >= 4 is 16.7 Å². The molecule has 1 aromatic carbocycles. The van der Waals surface area contributed by atoms with Crippen molar-refractivity contribution in [2.45, 2.75) is 38.6 Å². The molecule has 0 bridgehead atoms. The van der Waals surface area contributed by atoms with Crippen LogP contribution in [0.3, 0.4) is 0 Å². The van der Waals surface area contributed by atoms with Gasteiger partial charge in [-0.2, -0.15) is 0 Å². The van der Waals surface area contributed by atoms with E-state index in [1.165, 1.54) is 18.2 Å². The molecule has 0 saturated carbocycles. The fourth-order valence-electron chi connectivity index (χ4n) is 3.18. The van der Waals surface area contributed by atoms with Crippen molar-refractivity contribution in [3.63, 3.8) is 0 Å². The summed E-state index contributed by atoms with van der Waals surface area (Å²) in [6.45, 7) is 1.98. The summed E-state index contributed by atoms with van der Waals surface area (Å²) in [6.07, 6.45) is 5.57. The van der Waals surface area contributed by atoms with Crippen molar-refractivity contribution in [3.05, 3.63) is 48.0 Å². The molecule has 5 heteroatoms. The van der Waals surface area contributed by atoms with E-state index >= 15 is 0 Å². The lowest BCUT2D eigenvalue weighted by Crippen LogP contribution is -2.14. The molecule has 2 aromatic heterocycles. The molecule has 1 aliphatic rings. The molecule has 0 unspecified atom stereocenters. The number of aryl methyl sites for hydroxylation is 2. The van der Waals surface area contributed by atoms with Gasteiger partial charge >= 0.3 is 0 Å². The molecule has 1 aliphatic heterocycles. The van der Waals surface area contributed by atoms with Crippen molar-refractivity contribution < 1.29 is 0 Å². The van der Waals surface area contributed by atoms with Gasteiger partial charge in [0.1, 0.15) is 17.5 Å². The Kier molecular flexibility index (Phi) is 3.92. The van der Waals surface area contributed by atoms with Crippen molar-refractivity contribution in [1.82, 2.24) is 19.7 Å². The topological polar surface area (TPSA) is 55.6 Å². The van der Waals surface area contributed by atoms with Crippen LogP contribution in [0.1, 0.15) is 30.9 Å². The zero-order valence-electron chi connectivity index (χ0n) is 13.2. The van der Waals surface area contributed by atoms with Crippen LogP contribution < -0.4 is 5.32 Å². The summed E-state index contributed by atoms with van der Waals surface area (Å²) >= 11 is 0. The van der Waals surface area contributed by atoms with Gasteiger partial charge < -0.3 is 9.88 Å². The van der Waals surface area contributed by atoms with E-state index in [0.29, 0.717) is 0 Å². The third-order valence-electron chi connectivity index (χ3n) is 4.42. The number of hydrogen-bond donors (Lipinski definition) is 1. The van der Waals surface area contributed by atoms with Crippen molar-refractivity contribution in [2.24, 2.45) is 0 Å². The number of nitrogens with zero attached hydrogens (tertiary/aromatic N) is 4. The van der Waals surface area contributed by atoms with Gasteiger partial charge in [-0.25, -0.2) is 4.98 Å². The van der Waals surface area contributed by atoms with Crippen LogP contribution in [0.25, 0.3) is 10.9 Å². The van der Waals surface area contributed by atoms with Crippen LogP contribution in [0.15, 0.2) is 36.4 Å². The lowest BCUT2D eigenvalue weighted by atomic mass is 10.1. The smallest absolute Gasteiger partial charge is 0.133 e. The van der Waals surface area contributed by atoms with E-state index in [0.717, 1.165) is 55.3 Å². The van der Waals surface area contributed by atoms with Gasteiger partial charge in [-0.3, -0.25) is 0 Å². The van der Waals surface area contributed by atoms with E-state index in [9.17, 15) is 0 Å². The Balaban J connectivity index is 1.33. The van der Waals surface area contributed by atoms with Crippen molar-refractivity contribution in [2.75, 3.05) is 11.9 Å². The van der Waals surface area contributed by atoms with Gasteiger partial charge in [-0.1, -0.05) is 18.2 Å². The number of aromatic nitrogens is 4. The minimum atomic E-state index is 0.896. The van der Waals surface area contributed by atoms with Gasteiger partial charge in [0.25, 0.3) is 0 Å². The molecule has 0 fully saturated rings. The Morgan fingerprint density at radius 1 is 1.04 bits per heavy atom. The summed E-state index contributed by atoms with van der Waals surface area (Å²) in [7, 11) is 0. The highest BCUT2D eigenvalue weighted by Gasteiger charge is 2.14. The average molecular weight is 307 g/mol. The summed E-state index contributed by atoms with van der Waals surface area (Å²) in [5.74, 6) is 3.23. The third-order valence-corrected chi connectivity index (χ3v) is 4.42. The highest BCUT2D eigenvalue weighted by atomic mass is 15.3. The summed E-state index contributed by atoms with van der Waals surface area (Å²) < 4.78 is 2.30. The van der Waals surface area contributed by atoms with Crippen LogP contribution in [0.5, 0.6) is 0 Å². The van der Waals surface area contributed by atoms with E-state index in [4.69, 9.17) is 0 Å². The Labute approximate surface area is 135 Å². The minimum absolute atomic E-state index is 0.896. The second kappa shape index (κ2) is 6.36. The third kappa shape index (κ3) is 3.04. The predicted molar refractivity (Wildman–Crippen MR) is 91.5 cm³/mol. The first-order valence-corrected chi connectivity index (χ1v) is 8.41. The van der Waals surface area contributed by atoms with Crippen LogP contribution in [-0.2, 0) is 19.4 Å². The lowest BCUT2D eigenvalue weighted by Gasteiger charge is -2.14. The molecule has 118 valence electrons. The lowest BCUT2D eigenvalue weighted by molar-refractivity contribution is 0.505. The molecule has 3 heterocycles. The number of nitrogens with one attached hydrogen (secondary N) is 1. The monoisotopic (exact) mass is 307 g/mol. The van der Waals surface area contributed by atoms with Gasteiger partial charge in [-0.15, -0.1) is 10.2 Å². The SMILES string of the molecule is c1ccc2nc(NCCCc3nnc4n3CCCC4)ccc2c1. The van der Waals surface area contributed by atoms with Crippen molar-refractivity contribution in [3.8, 4) is 0 Å². The Hall–Kier alpha value is -2.43. The van der Waals surface area contributed by atoms with Crippen LogP contribution in [0, 0.1) is 0 Å².